The molecule has 14 heavy (non-hydrogen) atoms. The predicted molar refractivity (Wildman–Crippen MR) is 54.1 cm³/mol. The second kappa shape index (κ2) is 3.98. The highest BCUT2D eigenvalue weighted by atomic mass is 32.2. The van der Waals surface area contributed by atoms with Gasteiger partial charge < -0.3 is 10.1 Å². The van der Waals surface area contributed by atoms with Crippen LogP contribution in [0.4, 0.5) is 0 Å². The van der Waals surface area contributed by atoms with Crippen LogP contribution in [0.2, 0.25) is 0 Å². The Kier molecular flexibility index (Phi) is 2.87. The Balaban J connectivity index is 2.23. The summed E-state index contributed by atoms with van der Waals surface area (Å²) >= 11 is 1.23. The first-order valence-corrected chi connectivity index (χ1v) is 6.73. The zero-order valence-electron chi connectivity index (χ0n) is 7.47. The Labute approximate surface area is 86.8 Å². The fourth-order valence-corrected chi connectivity index (χ4v) is 3.91. The Morgan fingerprint density at radius 3 is 3.00 bits per heavy atom. The van der Waals surface area contributed by atoms with Crippen LogP contribution in [0.5, 0.6) is 0 Å². The number of ether oxygens (including phenoxy) is 1. The lowest BCUT2D eigenvalue weighted by molar-refractivity contribution is 0.0786. The molecule has 1 N–H and O–H groups in total. The molecule has 1 aromatic heterocycles. The van der Waals surface area contributed by atoms with Crippen LogP contribution in [0.1, 0.15) is 0 Å². The van der Waals surface area contributed by atoms with E-state index in [0.717, 1.165) is 6.54 Å². The molecule has 1 saturated heterocycles. The molecular weight excluding hydrogens is 222 g/mol. The molecule has 1 aromatic rings. The largest absolute Gasteiger partial charge is 0.359 e. The molecular formula is C8H11NO3S2. The second-order valence-corrected chi connectivity index (χ2v) is 6.24. The number of sulfone groups is 1. The fraction of sp³-hybridized carbons (Fsp3) is 0.500. The average molecular weight is 233 g/mol. The predicted octanol–water partition coefficient (Wildman–Crippen LogP) is 0.468. The summed E-state index contributed by atoms with van der Waals surface area (Å²) in [5.41, 5.74) is -0.727. The molecule has 1 atom stereocenters. The molecule has 0 saturated carbocycles. The molecule has 1 unspecified atom stereocenters. The summed E-state index contributed by atoms with van der Waals surface area (Å²) in [6.45, 7) is 1.55. The van der Waals surface area contributed by atoms with Crippen LogP contribution in [-0.4, -0.2) is 33.6 Å². The van der Waals surface area contributed by atoms with Crippen molar-refractivity contribution in [1.29, 1.82) is 0 Å². The lowest BCUT2D eigenvalue weighted by Gasteiger charge is -2.22. The van der Waals surface area contributed by atoms with Gasteiger partial charge in [-0.1, -0.05) is 6.07 Å². The van der Waals surface area contributed by atoms with Gasteiger partial charge in [0, 0.05) is 13.1 Å². The third-order valence-electron chi connectivity index (χ3n) is 2.02. The number of morpholine rings is 1. The minimum Gasteiger partial charge on any atom is -0.359 e. The van der Waals surface area contributed by atoms with Gasteiger partial charge in [0.25, 0.3) is 0 Å². The van der Waals surface area contributed by atoms with Gasteiger partial charge in [-0.15, -0.1) is 11.3 Å². The first-order chi connectivity index (χ1) is 6.71. The lowest BCUT2D eigenvalue weighted by Crippen LogP contribution is -2.42. The van der Waals surface area contributed by atoms with Gasteiger partial charge in [-0.05, 0) is 11.4 Å². The minimum absolute atomic E-state index is 0.375. The molecule has 4 nitrogen and oxygen atoms in total. The number of rotatable bonds is 2. The summed E-state index contributed by atoms with van der Waals surface area (Å²) in [5, 5.41) is 4.76. The van der Waals surface area contributed by atoms with Gasteiger partial charge >= 0.3 is 0 Å². The number of hydrogen-bond acceptors (Lipinski definition) is 5. The SMILES string of the molecule is O=S(=O)(c1cccs1)C1CNCCO1. The highest BCUT2D eigenvalue weighted by molar-refractivity contribution is 7.93. The van der Waals surface area contributed by atoms with Gasteiger partial charge in [0.1, 0.15) is 4.21 Å². The van der Waals surface area contributed by atoms with Crippen molar-refractivity contribution in [3.63, 3.8) is 0 Å². The molecule has 0 radical (unpaired) electrons. The second-order valence-electron chi connectivity index (χ2n) is 2.98. The maximum atomic E-state index is 11.9. The van der Waals surface area contributed by atoms with Crippen LogP contribution in [0.25, 0.3) is 0 Å². The van der Waals surface area contributed by atoms with Crippen molar-refractivity contribution in [3.8, 4) is 0 Å². The number of thiophene rings is 1. The summed E-state index contributed by atoms with van der Waals surface area (Å²) in [6, 6.07) is 3.34. The maximum absolute atomic E-state index is 11.9. The third-order valence-corrected chi connectivity index (χ3v) is 5.35. The molecule has 1 aliphatic rings. The van der Waals surface area contributed by atoms with Crippen LogP contribution < -0.4 is 5.32 Å². The van der Waals surface area contributed by atoms with E-state index in [4.69, 9.17) is 4.74 Å². The average Bonchev–Trinajstić information content (AvgIpc) is 2.72. The fourth-order valence-electron chi connectivity index (χ4n) is 1.30. The van der Waals surface area contributed by atoms with Crippen molar-refractivity contribution in [2.24, 2.45) is 0 Å². The van der Waals surface area contributed by atoms with Crippen molar-refractivity contribution in [1.82, 2.24) is 5.32 Å². The van der Waals surface area contributed by atoms with Crippen LogP contribution >= 0.6 is 11.3 Å². The first-order valence-electron chi connectivity index (χ1n) is 4.31. The van der Waals surface area contributed by atoms with E-state index in [1.807, 2.05) is 0 Å². The van der Waals surface area contributed by atoms with Crippen LogP contribution in [-0.2, 0) is 14.6 Å². The molecule has 0 bridgehead atoms. The molecule has 0 amide bonds. The summed E-state index contributed by atoms with van der Waals surface area (Å²) in [7, 11) is -3.28. The summed E-state index contributed by atoms with van der Waals surface area (Å²) < 4.78 is 29.4. The summed E-state index contributed by atoms with van der Waals surface area (Å²) in [5.74, 6) is 0. The molecule has 1 fully saturated rings. The van der Waals surface area contributed by atoms with Gasteiger partial charge in [-0.3, -0.25) is 0 Å². The maximum Gasteiger partial charge on any atom is 0.215 e. The molecule has 78 valence electrons. The van der Waals surface area contributed by atoms with E-state index >= 15 is 0 Å². The van der Waals surface area contributed by atoms with E-state index in [1.54, 1.807) is 17.5 Å². The smallest absolute Gasteiger partial charge is 0.215 e. The molecule has 1 aliphatic heterocycles. The molecule has 0 aromatic carbocycles. The highest BCUT2D eigenvalue weighted by Gasteiger charge is 2.30. The minimum atomic E-state index is -3.28. The van der Waals surface area contributed by atoms with Crippen LogP contribution in [0.3, 0.4) is 0 Å². The van der Waals surface area contributed by atoms with Crippen molar-refractivity contribution in [2.75, 3.05) is 19.7 Å². The first kappa shape index (κ1) is 10.1. The standard InChI is InChI=1S/C8H11NO3S2/c10-14(11,8-2-1-5-13-8)7-6-9-3-4-12-7/h1-2,5,7,9H,3-4,6H2. The van der Waals surface area contributed by atoms with E-state index in [0.29, 0.717) is 17.4 Å². The van der Waals surface area contributed by atoms with Gasteiger partial charge in [-0.2, -0.15) is 0 Å². The van der Waals surface area contributed by atoms with Gasteiger partial charge in [0.2, 0.25) is 9.84 Å². The Morgan fingerprint density at radius 1 is 1.57 bits per heavy atom. The monoisotopic (exact) mass is 233 g/mol. The lowest BCUT2D eigenvalue weighted by atomic mass is 10.5. The highest BCUT2D eigenvalue weighted by Crippen LogP contribution is 2.22. The van der Waals surface area contributed by atoms with Crippen molar-refractivity contribution >= 4 is 21.2 Å². The quantitative estimate of drug-likeness (QED) is 0.806. The van der Waals surface area contributed by atoms with E-state index in [9.17, 15) is 8.42 Å². The zero-order valence-corrected chi connectivity index (χ0v) is 9.10. The number of nitrogens with one attached hydrogen (secondary N) is 1. The van der Waals surface area contributed by atoms with Crippen LogP contribution in [0.15, 0.2) is 21.7 Å². The Bertz CT molecular complexity index is 379. The third kappa shape index (κ3) is 1.83. The van der Waals surface area contributed by atoms with E-state index in [1.165, 1.54) is 11.3 Å². The normalized spacial score (nSPS) is 23.6. The van der Waals surface area contributed by atoms with Crippen molar-refractivity contribution in [2.45, 2.75) is 9.65 Å². The molecule has 6 heteroatoms. The molecule has 0 aliphatic carbocycles. The van der Waals surface area contributed by atoms with Gasteiger partial charge in [0.15, 0.2) is 5.44 Å². The molecule has 0 spiro atoms. The number of hydrogen-bond donors (Lipinski definition) is 1. The zero-order chi connectivity index (χ0) is 10.0. The molecule has 2 rings (SSSR count). The van der Waals surface area contributed by atoms with Crippen molar-refractivity contribution in [3.05, 3.63) is 17.5 Å². The topological polar surface area (TPSA) is 55.4 Å². The van der Waals surface area contributed by atoms with E-state index < -0.39 is 15.3 Å². The van der Waals surface area contributed by atoms with E-state index in [2.05, 4.69) is 5.32 Å². The van der Waals surface area contributed by atoms with Crippen molar-refractivity contribution < 1.29 is 13.2 Å². The van der Waals surface area contributed by atoms with Gasteiger partial charge in [-0.25, -0.2) is 8.42 Å². The Morgan fingerprint density at radius 2 is 2.43 bits per heavy atom. The summed E-state index contributed by atoms with van der Waals surface area (Å²) in [4.78, 5) is 0. The Hall–Kier alpha value is -0.430. The van der Waals surface area contributed by atoms with Gasteiger partial charge in [0.05, 0.1) is 6.61 Å². The summed E-state index contributed by atoms with van der Waals surface area (Å²) in [6.07, 6.45) is 0. The van der Waals surface area contributed by atoms with E-state index in [-0.39, 0.29) is 0 Å². The van der Waals surface area contributed by atoms with Crippen LogP contribution in [0, 0.1) is 0 Å². The molecule has 2 heterocycles.